The molecule has 8 heteroatoms. The highest BCUT2D eigenvalue weighted by Gasteiger charge is 2.25. The summed E-state index contributed by atoms with van der Waals surface area (Å²) in [5.74, 6) is -0.141. The summed E-state index contributed by atoms with van der Waals surface area (Å²) in [5, 5.41) is 22.0. The van der Waals surface area contributed by atoms with Crippen LogP contribution < -0.4 is 9.16 Å². The van der Waals surface area contributed by atoms with Crippen LogP contribution in [0.25, 0.3) is 22.3 Å². The highest BCUT2D eigenvalue weighted by atomic mass is 16.5. The third-order valence-corrected chi connectivity index (χ3v) is 3.94. The minimum absolute atomic E-state index is 0.0193. The molecule has 1 aromatic heterocycles. The van der Waals surface area contributed by atoms with E-state index in [0.29, 0.717) is 20.5 Å². The molecule has 0 saturated carbocycles. The normalized spacial score (nSPS) is 10.3. The van der Waals surface area contributed by atoms with E-state index in [1.165, 1.54) is 50.6 Å². The fraction of sp³-hybridized carbons (Fsp3) is 0.111. The van der Waals surface area contributed by atoms with Gasteiger partial charge in [-0.05, 0) is 30.3 Å². The summed E-state index contributed by atoms with van der Waals surface area (Å²) in [7, 11) is 2.69. The molecule has 8 nitrogen and oxygen atoms in total. The minimum atomic E-state index is -0.531. The number of hydrogen-bond acceptors (Lipinski definition) is 6. The monoisotopic (exact) mass is 351 g/mol. The summed E-state index contributed by atoms with van der Waals surface area (Å²) in [4.78, 5) is 24.3. The molecule has 0 atom stereocenters. The van der Waals surface area contributed by atoms with Crippen molar-refractivity contribution in [3.8, 4) is 23.1 Å². The van der Waals surface area contributed by atoms with Crippen LogP contribution in [0.4, 0.5) is 0 Å². The number of nitrogens with zero attached hydrogens (tertiary/aromatic N) is 3. The smallest absolute Gasteiger partial charge is 0.337 e. The van der Waals surface area contributed by atoms with Crippen LogP contribution in [0.5, 0.6) is 5.75 Å². The maximum Gasteiger partial charge on any atom is 0.337 e. The summed E-state index contributed by atoms with van der Waals surface area (Å²) >= 11 is 0. The molecule has 0 aliphatic rings. The van der Waals surface area contributed by atoms with Crippen LogP contribution in [0.15, 0.2) is 42.5 Å². The van der Waals surface area contributed by atoms with E-state index in [1.807, 2.05) is 0 Å². The van der Waals surface area contributed by atoms with Gasteiger partial charge in [0.15, 0.2) is 5.69 Å². The van der Waals surface area contributed by atoms with Crippen LogP contribution in [-0.2, 0) is 4.74 Å². The molecular formula is C18H13N3O5. The lowest BCUT2D eigenvalue weighted by Gasteiger charge is -2.15. The number of fused-ring (bicyclic) bond motifs is 1. The van der Waals surface area contributed by atoms with Crippen LogP contribution in [0.1, 0.15) is 16.1 Å². The Morgan fingerprint density at radius 2 is 1.88 bits per heavy atom. The zero-order valence-electron chi connectivity index (χ0n) is 13.9. The average Bonchev–Trinajstić information content (AvgIpc) is 2.69. The molecule has 0 saturated heterocycles. The molecule has 3 rings (SSSR count). The molecule has 0 spiro atoms. The summed E-state index contributed by atoms with van der Waals surface area (Å²) in [5.41, 5.74) is 0.264. The predicted octanol–water partition coefficient (Wildman–Crippen LogP) is 2.24. The Bertz CT molecular complexity index is 1110. The van der Waals surface area contributed by atoms with Crippen molar-refractivity contribution in [2.45, 2.75) is 0 Å². The van der Waals surface area contributed by atoms with Gasteiger partial charge in [-0.25, -0.2) is 4.79 Å². The molecule has 0 fully saturated rings. The number of aromatic nitrogens is 2. The van der Waals surface area contributed by atoms with Gasteiger partial charge in [-0.1, -0.05) is 0 Å². The minimum Gasteiger partial charge on any atom is -0.804 e. The predicted molar refractivity (Wildman–Crippen MR) is 92.1 cm³/mol. The zero-order valence-corrected chi connectivity index (χ0v) is 13.9. The lowest BCUT2D eigenvalue weighted by atomic mass is 10.1. The Labute approximate surface area is 147 Å². The SMILES string of the molecule is COC(=O)c1ccc(-c2c(C#N)n([O-])c3cc(OC)ccc3[n+]2=O)cc1. The molecule has 3 aromatic rings. The lowest BCUT2D eigenvalue weighted by molar-refractivity contribution is -0.452. The molecule has 130 valence electrons. The van der Waals surface area contributed by atoms with Gasteiger partial charge >= 0.3 is 11.7 Å². The van der Waals surface area contributed by atoms with Gasteiger partial charge in [-0.15, -0.1) is 0 Å². The van der Waals surface area contributed by atoms with E-state index in [1.54, 1.807) is 12.1 Å². The van der Waals surface area contributed by atoms with Crippen LogP contribution >= 0.6 is 0 Å². The average molecular weight is 351 g/mol. The standard InChI is InChI=1S/C18H13N3O5/c1-25-13-7-8-14-15(9-13)20(23)16(10-19)17(21(14)24)11-3-5-12(6-4-11)18(22)26-2/h3-9H,1-2H3. The highest BCUT2D eigenvalue weighted by molar-refractivity contribution is 5.90. The number of rotatable bonds is 3. The molecule has 0 N–H and O–H groups in total. The Hall–Kier alpha value is -3.86. The van der Waals surface area contributed by atoms with E-state index in [4.69, 9.17) is 4.74 Å². The first-order chi connectivity index (χ1) is 12.5. The first-order valence-corrected chi connectivity index (χ1v) is 7.47. The third-order valence-electron chi connectivity index (χ3n) is 3.94. The summed E-state index contributed by atoms with van der Waals surface area (Å²) in [6, 6.07) is 12.0. The van der Waals surface area contributed by atoms with Crippen LogP contribution in [0.3, 0.4) is 0 Å². The topological polar surface area (TPSA) is 110 Å². The van der Waals surface area contributed by atoms with Crippen LogP contribution in [0, 0.1) is 21.4 Å². The van der Waals surface area contributed by atoms with Crippen LogP contribution in [-0.4, -0.2) is 24.9 Å². The van der Waals surface area contributed by atoms with Crippen molar-refractivity contribution in [1.29, 1.82) is 5.26 Å². The van der Waals surface area contributed by atoms with Gasteiger partial charge in [0, 0.05) is 17.0 Å². The Balaban J connectivity index is 2.29. The zero-order chi connectivity index (χ0) is 18.8. The van der Waals surface area contributed by atoms with Crippen molar-refractivity contribution < 1.29 is 18.7 Å². The van der Waals surface area contributed by atoms with Crippen molar-refractivity contribution in [3.63, 3.8) is 0 Å². The van der Waals surface area contributed by atoms with Crippen molar-refractivity contribution in [3.05, 3.63) is 63.8 Å². The maximum atomic E-state index is 12.8. The number of esters is 1. The molecule has 0 amide bonds. The van der Waals surface area contributed by atoms with Crippen molar-refractivity contribution in [2.24, 2.45) is 0 Å². The van der Waals surface area contributed by atoms with Gasteiger partial charge in [0.05, 0.1) is 29.8 Å². The molecular weight excluding hydrogens is 338 g/mol. The number of methoxy groups -OCH3 is 2. The molecule has 0 aliphatic heterocycles. The second-order valence-corrected chi connectivity index (χ2v) is 5.32. The Kier molecular flexibility index (Phi) is 4.29. The van der Waals surface area contributed by atoms with Crippen molar-refractivity contribution in [1.82, 2.24) is 4.73 Å². The maximum absolute atomic E-state index is 12.8. The van der Waals surface area contributed by atoms with E-state index in [2.05, 4.69) is 4.74 Å². The first kappa shape index (κ1) is 17.0. The Morgan fingerprint density at radius 1 is 1.19 bits per heavy atom. The highest BCUT2D eigenvalue weighted by Crippen LogP contribution is 2.25. The van der Waals surface area contributed by atoms with Crippen molar-refractivity contribution in [2.75, 3.05) is 14.2 Å². The molecule has 0 unspecified atom stereocenters. The number of benzene rings is 2. The van der Waals surface area contributed by atoms with Gasteiger partial charge in [0.1, 0.15) is 17.3 Å². The fourth-order valence-corrected chi connectivity index (χ4v) is 2.63. The van der Waals surface area contributed by atoms with Gasteiger partial charge in [0.25, 0.3) is 5.52 Å². The fourth-order valence-electron chi connectivity index (χ4n) is 2.63. The van der Waals surface area contributed by atoms with Gasteiger partial charge in [0.2, 0.25) is 0 Å². The molecule has 26 heavy (non-hydrogen) atoms. The van der Waals surface area contributed by atoms with E-state index >= 15 is 0 Å². The summed E-state index contributed by atoms with van der Waals surface area (Å²) < 4.78 is 10.6. The first-order valence-electron chi connectivity index (χ1n) is 7.47. The second-order valence-electron chi connectivity index (χ2n) is 5.32. The van der Waals surface area contributed by atoms with Gasteiger partial charge in [-0.3, -0.25) is 0 Å². The third kappa shape index (κ3) is 2.61. The molecule has 0 radical (unpaired) electrons. The lowest BCUT2D eigenvalue weighted by Crippen LogP contribution is -2.24. The quantitative estimate of drug-likeness (QED) is 0.528. The molecule has 0 aliphatic carbocycles. The van der Waals surface area contributed by atoms with Gasteiger partial charge in [-0.2, -0.15) is 5.26 Å². The number of hydrogen-bond donors (Lipinski definition) is 0. The van der Waals surface area contributed by atoms with E-state index < -0.39 is 5.97 Å². The van der Waals surface area contributed by atoms with Gasteiger partial charge < -0.3 is 19.4 Å². The second kappa shape index (κ2) is 6.57. The summed E-state index contributed by atoms with van der Waals surface area (Å²) in [6.45, 7) is 0. The molecule has 1 heterocycles. The molecule has 2 aromatic carbocycles. The molecule has 0 bridgehead atoms. The summed E-state index contributed by atoms with van der Waals surface area (Å²) in [6.07, 6.45) is 0. The largest absolute Gasteiger partial charge is 0.804 e. The number of carbonyl (C=O) groups excluding carboxylic acids is 1. The number of nitriles is 1. The number of ether oxygens (including phenoxy) is 2. The van der Waals surface area contributed by atoms with Crippen LogP contribution in [0.2, 0.25) is 0 Å². The number of carbonyl (C=O) groups is 1. The van der Waals surface area contributed by atoms with E-state index in [-0.39, 0.29) is 28.0 Å². The van der Waals surface area contributed by atoms with E-state index in [9.17, 15) is 20.2 Å². The van der Waals surface area contributed by atoms with E-state index in [0.717, 1.165) is 0 Å². The Morgan fingerprint density at radius 3 is 2.46 bits per heavy atom. The van der Waals surface area contributed by atoms with Crippen molar-refractivity contribution >= 4 is 17.0 Å².